The van der Waals surface area contributed by atoms with Crippen molar-refractivity contribution in [2.24, 2.45) is 0 Å². The van der Waals surface area contributed by atoms with Crippen molar-refractivity contribution in [3.63, 3.8) is 0 Å². The van der Waals surface area contributed by atoms with Gasteiger partial charge in [0.1, 0.15) is 26.3 Å². The minimum atomic E-state index is -1.14. The Balaban J connectivity index is 2.08. The minimum absolute atomic E-state index is 0.220. The van der Waals surface area contributed by atoms with Crippen LogP contribution in [0.3, 0.4) is 0 Å². The molecule has 31 heavy (non-hydrogen) atoms. The smallest absolute Gasteiger partial charge is 0.323 e. The zero-order chi connectivity index (χ0) is 22.3. The molecule has 0 atom stereocenters. The van der Waals surface area contributed by atoms with Crippen LogP contribution >= 0.6 is 0 Å². The topological polar surface area (TPSA) is 133 Å². The zero-order valence-corrected chi connectivity index (χ0v) is 17.3. The van der Waals surface area contributed by atoms with Crippen molar-refractivity contribution in [3.8, 4) is 11.5 Å². The average molecular weight is 443 g/mol. The molecule has 174 valence electrons. The zero-order valence-electron chi connectivity index (χ0n) is 17.3. The molecule has 1 aromatic rings. The second-order valence-corrected chi connectivity index (χ2v) is 6.42. The van der Waals surface area contributed by atoms with Gasteiger partial charge >= 0.3 is 11.9 Å². The van der Waals surface area contributed by atoms with Crippen LogP contribution in [0.2, 0.25) is 0 Å². The number of ether oxygens (including phenoxy) is 6. The fourth-order valence-corrected chi connectivity index (χ4v) is 2.67. The molecule has 11 nitrogen and oxygen atoms in total. The van der Waals surface area contributed by atoms with Crippen LogP contribution in [0.1, 0.15) is 0 Å². The molecular weight excluding hydrogens is 414 g/mol. The quantitative estimate of drug-likeness (QED) is 0.659. The predicted molar refractivity (Wildman–Crippen MR) is 108 cm³/mol. The average Bonchev–Trinajstić information content (AvgIpc) is 2.72. The third-order valence-corrected chi connectivity index (χ3v) is 4.03. The van der Waals surface area contributed by atoms with E-state index in [0.29, 0.717) is 70.0 Å². The van der Waals surface area contributed by atoms with Gasteiger partial charge in [0.15, 0.2) is 11.5 Å². The monoisotopic (exact) mass is 443 g/mol. The van der Waals surface area contributed by atoms with Crippen molar-refractivity contribution in [3.05, 3.63) is 18.2 Å². The Morgan fingerprint density at radius 3 is 1.55 bits per heavy atom. The maximum atomic E-state index is 11.1. The van der Waals surface area contributed by atoms with E-state index in [-0.39, 0.29) is 13.2 Å². The van der Waals surface area contributed by atoms with Gasteiger partial charge in [-0.05, 0) is 12.1 Å². The summed E-state index contributed by atoms with van der Waals surface area (Å²) in [7, 11) is 0. The van der Waals surface area contributed by atoms with E-state index in [4.69, 9.17) is 38.6 Å². The number of carbonyl (C=O) groups is 2. The third-order valence-electron chi connectivity index (χ3n) is 4.03. The lowest BCUT2D eigenvalue weighted by Crippen LogP contribution is -2.34. The van der Waals surface area contributed by atoms with E-state index >= 15 is 0 Å². The van der Waals surface area contributed by atoms with Crippen molar-refractivity contribution in [1.29, 1.82) is 0 Å². The highest BCUT2D eigenvalue weighted by atomic mass is 16.6. The molecule has 1 aliphatic rings. The molecule has 2 N–H and O–H groups in total. The molecule has 2 rings (SSSR count). The molecule has 0 radical (unpaired) electrons. The van der Waals surface area contributed by atoms with E-state index in [0.717, 1.165) is 0 Å². The number of hydrogen-bond donors (Lipinski definition) is 2. The van der Waals surface area contributed by atoms with Gasteiger partial charge in [0, 0.05) is 11.8 Å². The second kappa shape index (κ2) is 14.4. The highest BCUT2D eigenvalue weighted by Crippen LogP contribution is 2.32. The molecule has 0 saturated heterocycles. The highest BCUT2D eigenvalue weighted by Gasteiger charge is 2.17. The van der Waals surface area contributed by atoms with E-state index in [9.17, 15) is 9.59 Å². The van der Waals surface area contributed by atoms with E-state index in [1.165, 1.54) is 4.90 Å². The molecule has 0 bridgehead atoms. The number of carboxylic acid groups (broad SMARTS) is 2. The minimum Gasteiger partial charge on any atom is -0.487 e. The van der Waals surface area contributed by atoms with Gasteiger partial charge in [0.2, 0.25) is 0 Å². The summed E-state index contributed by atoms with van der Waals surface area (Å²) in [4.78, 5) is 23.5. The lowest BCUT2D eigenvalue weighted by molar-refractivity contribution is -0.136. The first-order valence-electron chi connectivity index (χ1n) is 9.95. The molecule has 1 aliphatic heterocycles. The van der Waals surface area contributed by atoms with Crippen LogP contribution in [0.25, 0.3) is 0 Å². The summed E-state index contributed by atoms with van der Waals surface area (Å²) in [5.74, 6) is -1.51. The number of hydrogen-bond acceptors (Lipinski definition) is 9. The Morgan fingerprint density at radius 2 is 1.10 bits per heavy atom. The van der Waals surface area contributed by atoms with Crippen LogP contribution in [0, 0.1) is 0 Å². The van der Waals surface area contributed by atoms with Crippen molar-refractivity contribution < 1.29 is 48.2 Å². The van der Waals surface area contributed by atoms with Gasteiger partial charge < -0.3 is 43.5 Å². The van der Waals surface area contributed by atoms with Crippen LogP contribution in [0.15, 0.2) is 18.2 Å². The summed E-state index contributed by atoms with van der Waals surface area (Å²) in [6, 6.07) is 4.75. The standard InChI is InChI=1S/C20H29NO10/c22-19(23)14-21(15-20(24)25)16-1-2-17-18(13-16)31-12-10-29-8-6-27-4-3-26-5-7-28-9-11-30-17/h1-2,13H,3-12,14-15H2,(H,22,23)(H,24,25). The van der Waals surface area contributed by atoms with Crippen molar-refractivity contribution in [2.45, 2.75) is 0 Å². The number of anilines is 1. The Bertz CT molecular complexity index is 668. The van der Waals surface area contributed by atoms with Crippen LogP contribution in [-0.2, 0) is 28.5 Å². The van der Waals surface area contributed by atoms with E-state index in [2.05, 4.69) is 0 Å². The van der Waals surface area contributed by atoms with E-state index in [1.54, 1.807) is 18.2 Å². The Labute approximate surface area is 180 Å². The first-order valence-corrected chi connectivity index (χ1v) is 9.95. The molecule has 0 saturated carbocycles. The van der Waals surface area contributed by atoms with E-state index in [1.807, 2.05) is 0 Å². The van der Waals surface area contributed by atoms with Crippen molar-refractivity contribution >= 4 is 17.6 Å². The van der Waals surface area contributed by atoms with Gasteiger partial charge in [-0.2, -0.15) is 0 Å². The number of benzene rings is 1. The lowest BCUT2D eigenvalue weighted by atomic mass is 10.2. The number of aliphatic carboxylic acids is 2. The first kappa shape index (κ1) is 24.7. The molecule has 0 unspecified atom stereocenters. The first-order chi connectivity index (χ1) is 15.1. The van der Waals surface area contributed by atoms with Gasteiger partial charge in [-0.15, -0.1) is 0 Å². The van der Waals surface area contributed by atoms with Crippen molar-refractivity contribution in [1.82, 2.24) is 0 Å². The summed E-state index contributed by atoms with van der Waals surface area (Å²) < 4.78 is 33.2. The SMILES string of the molecule is O=C(O)CN(CC(=O)O)c1ccc2c(c1)OCCOCCOCCOCCOCCO2. The molecule has 1 heterocycles. The summed E-state index contributed by atoms with van der Waals surface area (Å²) in [5, 5.41) is 18.2. The predicted octanol–water partition coefficient (Wildman–Crippen LogP) is 0.500. The molecule has 1 aromatic carbocycles. The van der Waals surface area contributed by atoms with Gasteiger partial charge in [-0.3, -0.25) is 9.59 Å². The van der Waals surface area contributed by atoms with Gasteiger partial charge in [0.25, 0.3) is 0 Å². The Morgan fingerprint density at radius 1 is 0.677 bits per heavy atom. The fourth-order valence-electron chi connectivity index (χ4n) is 2.67. The number of rotatable bonds is 5. The summed E-state index contributed by atoms with van der Waals surface area (Å²) in [5.41, 5.74) is 0.386. The largest absolute Gasteiger partial charge is 0.487 e. The molecule has 0 spiro atoms. The summed E-state index contributed by atoms with van der Waals surface area (Å²) >= 11 is 0. The number of carboxylic acids is 2. The normalized spacial score (nSPS) is 17.2. The van der Waals surface area contributed by atoms with Crippen molar-refractivity contribution in [2.75, 3.05) is 84.1 Å². The van der Waals surface area contributed by atoms with Gasteiger partial charge in [-0.1, -0.05) is 0 Å². The Kier molecular flexibility index (Phi) is 11.5. The molecular formula is C20H29NO10. The van der Waals surface area contributed by atoms with E-state index < -0.39 is 25.0 Å². The third kappa shape index (κ3) is 10.3. The summed E-state index contributed by atoms with van der Waals surface area (Å²) in [6.45, 7) is 2.87. The van der Waals surface area contributed by atoms with Crippen LogP contribution in [0.4, 0.5) is 5.69 Å². The molecule has 0 aromatic heterocycles. The summed E-state index contributed by atoms with van der Waals surface area (Å²) in [6.07, 6.45) is 0. The molecule has 0 fully saturated rings. The fraction of sp³-hybridized carbons (Fsp3) is 0.600. The molecule has 0 aliphatic carbocycles. The lowest BCUT2D eigenvalue weighted by Gasteiger charge is -2.22. The van der Waals surface area contributed by atoms with Gasteiger partial charge in [-0.25, -0.2) is 0 Å². The Hall–Kier alpha value is -2.60. The molecule has 11 heteroatoms. The number of fused-ring (bicyclic) bond motifs is 1. The maximum Gasteiger partial charge on any atom is 0.323 e. The van der Waals surface area contributed by atoms with Crippen LogP contribution in [-0.4, -0.2) is 101 Å². The highest BCUT2D eigenvalue weighted by molar-refractivity contribution is 5.80. The maximum absolute atomic E-state index is 11.1. The second-order valence-electron chi connectivity index (χ2n) is 6.42. The molecule has 0 amide bonds. The van der Waals surface area contributed by atoms with Gasteiger partial charge in [0.05, 0.1) is 52.9 Å². The van der Waals surface area contributed by atoms with Crippen LogP contribution < -0.4 is 14.4 Å². The van der Waals surface area contributed by atoms with Crippen LogP contribution in [0.5, 0.6) is 11.5 Å². The number of nitrogens with zero attached hydrogens (tertiary/aromatic N) is 1.